The van der Waals surface area contributed by atoms with Crippen LogP contribution in [0.4, 0.5) is 4.79 Å². The summed E-state index contributed by atoms with van der Waals surface area (Å²) in [6, 6.07) is 10.3. The van der Waals surface area contributed by atoms with E-state index in [-0.39, 0.29) is 5.37 Å². The molecule has 3 aliphatic rings. The highest BCUT2D eigenvalue weighted by Crippen LogP contribution is 2.46. The second-order valence-electron chi connectivity index (χ2n) is 7.02. The van der Waals surface area contributed by atoms with Gasteiger partial charge < -0.3 is 16.0 Å². The van der Waals surface area contributed by atoms with Crippen molar-refractivity contribution >= 4 is 22.7 Å². The predicted molar refractivity (Wildman–Crippen MR) is 107 cm³/mol. The van der Waals surface area contributed by atoms with E-state index >= 15 is 0 Å². The van der Waals surface area contributed by atoms with Gasteiger partial charge >= 0.3 is 6.03 Å². The molecule has 0 aliphatic carbocycles. The summed E-state index contributed by atoms with van der Waals surface area (Å²) in [4.78, 5) is 17.0. The molecule has 2 amide bonds. The molecule has 0 aromatic heterocycles. The lowest BCUT2D eigenvalue weighted by atomic mass is 10.0. The second kappa shape index (κ2) is 7.21. The number of likely N-dealkylation sites (N-methyl/N-ethyl adjacent to an activating group) is 1. The number of allylic oxidation sites excluding steroid dienone is 1. The van der Waals surface area contributed by atoms with Crippen LogP contribution in [0.15, 0.2) is 60.0 Å². The number of nitrogens with one attached hydrogen (secondary N) is 1. The number of piperidine rings is 1. The molecule has 2 atom stereocenters. The van der Waals surface area contributed by atoms with E-state index in [1.807, 2.05) is 24.3 Å². The Balaban J connectivity index is 1.64. The number of thioether (sulfide) groups is 1. The van der Waals surface area contributed by atoms with Crippen LogP contribution in [0.3, 0.4) is 0 Å². The van der Waals surface area contributed by atoms with Gasteiger partial charge in [-0.25, -0.2) is 4.79 Å². The molecule has 3 N–H and O–H groups in total. The SMILES string of the molecule is CN1CCC[C@H](NC2=C3C=C(c4ccccc4)SC3N(C(N)=O)C=C2)C1. The van der Waals surface area contributed by atoms with Gasteiger partial charge in [-0.15, -0.1) is 0 Å². The maximum Gasteiger partial charge on any atom is 0.320 e. The van der Waals surface area contributed by atoms with E-state index < -0.39 is 6.03 Å². The lowest BCUT2D eigenvalue weighted by Gasteiger charge is -2.34. The molecular weight excluding hydrogens is 344 g/mol. The fourth-order valence-corrected chi connectivity index (χ4v) is 5.07. The molecule has 1 aromatic carbocycles. The quantitative estimate of drug-likeness (QED) is 0.861. The Labute approximate surface area is 158 Å². The van der Waals surface area contributed by atoms with E-state index in [1.54, 1.807) is 22.9 Å². The summed E-state index contributed by atoms with van der Waals surface area (Å²) >= 11 is 1.68. The highest BCUT2D eigenvalue weighted by Gasteiger charge is 2.35. The highest BCUT2D eigenvalue weighted by atomic mass is 32.2. The Morgan fingerprint density at radius 1 is 1.31 bits per heavy atom. The number of urea groups is 1. The minimum atomic E-state index is -0.421. The zero-order chi connectivity index (χ0) is 18.1. The van der Waals surface area contributed by atoms with Crippen LogP contribution in [-0.2, 0) is 0 Å². The van der Waals surface area contributed by atoms with Gasteiger partial charge in [0.15, 0.2) is 0 Å². The summed E-state index contributed by atoms with van der Waals surface area (Å²) in [5.74, 6) is 0. The number of nitrogens with zero attached hydrogens (tertiary/aromatic N) is 2. The Morgan fingerprint density at radius 3 is 2.85 bits per heavy atom. The number of amides is 2. The molecule has 3 heterocycles. The number of nitrogens with two attached hydrogens (primary N) is 1. The molecule has 1 fully saturated rings. The van der Waals surface area contributed by atoms with Gasteiger partial charge in [0, 0.05) is 35.0 Å². The highest BCUT2D eigenvalue weighted by molar-refractivity contribution is 8.09. The zero-order valence-corrected chi connectivity index (χ0v) is 15.7. The molecule has 4 rings (SSSR count). The normalized spacial score (nSPS) is 25.9. The Kier molecular flexibility index (Phi) is 4.78. The molecule has 0 saturated carbocycles. The number of hydrogen-bond donors (Lipinski definition) is 2. The van der Waals surface area contributed by atoms with Crippen molar-refractivity contribution in [3.63, 3.8) is 0 Å². The number of fused-ring (bicyclic) bond motifs is 1. The van der Waals surface area contributed by atoms with E-state index in [9.17, 15) is 4.79 Å². The molecule has 0 bridgehead atoms. The maximum absolute atomic E-state index is 11.9. The van der Waals surface area contributed by atoms with Gasteiger partial charge in [-0.2, -0.15) is 0 Å². The lowest BCUT2D eigenvalue weighted by Crippen LogP contribution is -2.45. The average Bonchev–Trinajstić information content (AvgIpc) is 3.08. The van der Waals surface area contributed by atoms with Crippen LogP contribution in [0.2, 0.25) is 0 Å². The molecule has 0 spiro atoms. The molecule has 1 unspecified atom stereocenters. The molecular formula is C20H24N4OS. The summed E-state index contributed by atoms with van der Waals surface area (Å²) in [5.41, 5.74) is 9.00. The van der Waals surface area contributed by atoms with Crippen LogP contribution in [-0.4, -0.2) is 47.4 Å². The maximum atomic E-state index is 11.9. The van der Waals surface area contributed by atoms with Crippen molar-refractivity contribution in [1.82, 2.24) is 15.1 Å². The first-order valence-electron chi connectivity index (χ1n) is 9.01. The molecule has 6 heteroatoms. The van der Waals surface area contributed by atoms with Crippen LogP contribution >= 0.6 is 11.8 Å². The van der Waals surface area contributed by atoms with Gasteiger partial charge in [0.2, 0.25) is 0 Å². The van der Waals surface area contributed by atoms with Crippen LogP contribution in [0.1, 0.15) is 18.4 Å². The molecule has 1 saturated heterocycles. The predicted octanol–water partition coefficient (Wildman–Crippen LogP) is 2.95. The molecule has 3 aliphatic heterocycles. The smallest absolute Gasteiger partial charge is 0.320 e. The third-order valence-corrected chi connectivity index (χ3v) is 6.37. The van der Waals surface area contributed by atoms with Crippen LogP contribution in [0.25, 0.3) is 4.91 Å². The van der Waals surface area contributed by atoms with Crippen molar-refractivity contribution < 1.29 is 4.79 Å². The number of primary amides is 1. The van der Waals surface area contributed by atoms with Crippen molar-refractivity contribution in [3.8, 4) is 0 Å². The number of rotatable bonds is 3. The molecule has 136 valence electrons. The first-order valence-corrected chi connectivity index (χ1v) is 9.89. The summed E-state index contributed by atoms with van der Waals surface area (Å²) < 4.78 is 0. The van der Waals surface area contributed by atoms with E-state index in [4.69, 9.17) is 5.73 Å². The number of carbonyl (C=O) groups excluding carboxylic acids is 1. The first kappa shape index (κ1) is 17.2. The summed E-state index contributed by atoms with van der Waals surface area (Å²) in [5, 5.41) is 3.61. The lowest BCUT2D eigenvalue weighted by molar-refractivity contribution is 0.223. The number of hydrogen-bond acceptors (Lipinski definition) is 4. The Hall–Kier alpha value is -2.18. The van der Waals surface area contributed by atoms with E-state index in [1.165, 1.54) is 23.3 Å². The van der Waals surface area contributed by atoms with Crippen molar-refractivity contribution in [2.45, 2.75) is 24.3 Å². The molecule has 5 nitrogen and oxygen atoms in total. The van der Waals surface area contributed by atoms with Gasteiger partial charge in [-0.1, -0.05) is 42.1 Å². The fourth-order valence-electron chi connectivity index (χ4n) is 3.76. The molecule has 0 radical (unpaired) electrons. The monoisotopic (exact) mass is 368 g/mol. The van der Waals surface area contributed by atoms with Crippen LogP contribution in [0.5, 0.6) is 0 Å². The van der Waals surface area contributed by atoms with E-state index in [0.29, 0.717) is 6.04 Å². The summed E-state index contributed by atoms with van der Waals surface area (Å²) in [6.07, 6.45) is 8.36. The zero-order valence-electron chi connectivity index (χ0n) is 14.9. The summed E-state index contributed by atoms with van der Waals surface area (Å²) in [7, 11) is 2.17. The van der Waals surface area contributed by atoms with Gasteiger partial charge in [0.25, 0.3) is 0 Å². The third kappa shape index (κ3) is 3.39. The number of likely N-dealkylation sites (tertiary alicyclic amines) is 1. The minimum Gasteiger partial charge on any atom is -0.381 e. The number of carbonyl (C=O) groups is 1. The largest absolute Gasteiger partial charge is 0.381 e. The van der Waals surface area contributed by atoms with Gasteiger partial charge in [0.1, 0.15) is 5.37 Å². The Bertz CT molecular complexity index is 786. The third-order valence-electron chi connectivity index (χ3n) is 5.05. The standard InChI is InChI=1S/C20H24N4OS/c1-23-10-5-8-15(13-23)22-17-9-11-24(20(21)25)19-16(17)12-18(26-19)14-6-3-2-4-7-14/h2-4,6-7,9,11-12,15,19,22H,5,8,10,13H2,1H3,(H2,21,25)/t15-,19?/m0/s1. The van der Waals surface area contributed by atoms with Gasteiger partial charge in [-0.3, -0.25) is 4.90 Å². The second-order valence-corrected chi connectivity index (χ2v) is 8.14. The topological polar surface area (TPSA) is 61.6 Å². The van der Waals surface area contributed by atoms with Crippen LogP contribution in [0, 0.1) is 0 Å². The fraction of sp³-hybridized carbons (Fsp3) is 0.350. The number of benzene rings is 1. The van der Waals surface area contributed by atoms with Gasteiger partial charge in [-0.05, 0) is 44.1 Å². The van der Waals surface area contributed by atoms with Gasteiger partial charge in [0.05, 0.1) is 0 Å². The van der Waals surface area contributed by atoms with Crippen LogP contribution < -0.4 is 11.1 Å². The minimum absolute atomic E-state index is 0.100. The van der Waals surface area contributed by atoms with Crippen molar-refractivity contribution in [3.05, 3.63) is 65.5 Å². The molecule has 26 heavy (non-hydrogen) atoms. The average molecular weight is 369 g/mol. The van der Waals surface area contributed by atoms with E-state index in [2.05, 4.69) is 35.5 Å². The van der Waals surface area contributed by atoms with Crippen molar-refractivity contribution in [2.75, 3.05) is 20.1 Å². The van der Waals surface area contributed by atoms with E-state index in [0.717, 1.165) is 24.4 Å². The first-order chi connectivity index (χ1) is 12.6. The van der Waals surface area contributed by atoms with Crippen molar-refractivity contribution in [2.24, 2.45) is 5.73 Å². The summed E-state index contributed by atoms with van der Waals surface area (Å²) in [6.45, 7) is 2.20. The Morgan fingerprint density at radius 2 is 2.12 bits per heavy atom. The molecule has 1 aromatic rings. The van der Waals surface area contributed by atoms with Crippen molar-refractivity contribution in [1.29, 1.82) is 0 Å².